The molecule has 0 radical (unpaired) electrons. The Labute approximate surface area is 147 Å². The monoisotopic (exact) mass is 345 g/mol. The average molecular weight is 345 g/mol. The summed E-state index contributed by atoms with van der Waals surface area (Å²) in [6.45, 7) is 9.45. The number of fused-ring (bicyclic) bond motifs is 1. The summed E-state index contributed by atoms with van der Waals surface area (Å²) in [6.07, 6.45) is 5.11. The molecule has 134 valence electrons. The fourth-order valence-corrected chi connectivity index (χ4v) is 2.82. The fraction of sp³-hybridized carbons (Fsp3) is 0.350. The number of nitrogens with two attached hydrogens (primary N) is 1. The zero-order valence-electron chi connectivity index (χ0n) is 15.0. The number of unbranched alkanes of at least 4 members (excludes halogenated alkanes) is 2. The van der Waals surface area contributed by atoms with E-state index in [1.165, 1.54) is 18.2 Å². The maximum Gasteiger partial charge on any atom is 0.148 e. The lowest BCUT2D eigenvalue weighted by Crippen LogP contribution is -2.00. The molecule has 1 aromatic heterocycles. The molecular formula is C20H25F2N3. The number of aryl methyl sites for hydroxylation is 1. The molecule has 25 heavy (non-hydrogen) atoms. The van der Waals surface area contributed by atoms with Crippen molar-refractivity contribution >= 4 is 16.5 Å². The molecule has 1 heterocycles. The zero-order valence-corrected chi connectivity index (χ0v) is 15.0. The number of benzene rings is 1. The third-order valence-corrected chi connectivity index (χ3v) is 4.23. The molecule has 3 N–H and O–H groups in total. The summed E-state index contributed by atoms with van der Waals surface area (Å²) in [7, 11) is 0. The molecule has 0 amide bonds. The van der Waals surface area contributed by atoms with Gasteiger partial charge < -0.3 is 5.73 Å². The van der Waals surface area contributed by atoms with E-state index in [0.717, 1.165) is 24.8 Å². The molecule has 2 aromatic rings. The smallest absolute Gasteiger partial charge is 0.148 e. The summed E-state index contributed by atoms with van der Waals surface area (Å²) in [5.41, 5.74) is 9.07. The molecule has 0 atom stereocenters. The van der Waals surface area contributed by atoms with Crippen LogP contribution in [0.1, 0.15) is 50.8 Å². The van der Waals surface area contributed by atoms with Gasteiger partial charge in [-0.2, -0.15) is 5.10 Å². The molecule has 3 nitrogen and oxygen atoms in total. The van der Waals surface area contributed by atoms with Gasteiger partial charge in [0.15, 0.2) is 0 Å². The third-order valence-electron chi connectivity index (χ3n) is 4.23. The van der Waals surface area contributed by atoms with E-state index in [1.807, 2.05) is 0 Å². The van der Waals surface area contributed by atoms with Crippen LogP contribution in [0.15, 0.2) is 41.9 Å². The summed E-state index contributed by atoms with van der Waals surface area (Å²) in [4.78, 5) is 0. The van der Waals surface area contributed by atoms with Crippen molar-refractivity contribution in [2.24, 2.45) is 5.73 Å². The van der Waals surface area contributed by atoms with Crippen LogP contribution in [0.5, 0.6) is 0 Å². The van der Waals surface area contributed by atoms with Crippen molar-refractivity contribution in [3.05, 3.63) is 59.0 Å². The predicted molar refractivity (Wildman–Crippen MR) is 100 cm³/mol. The standard InChI is InChI=1S/C20H25F2N3/c1-5-6-7-8-12(2)18(22)17(23)10-14(4)20-16-11-15(21)9-13(3)19(16)24-25-20/h9-11H,2,5-8,23H2,1,3-4H3,(H,24,25)/b14-10+,18-17-. The normalized spacial score (nSPS) is 13.2. The van der Waals surface area contributed by atoms with E-state index in [9.17, 15) is 8.78 Å². The van der Waals surface area contributed by atoms with Gasteiger partial charge in [-0.1, -0.05) is 26.3 Å². The maximum atomic E-state index is 14.4. The van der Waals surface area contributed by atoms with Gasteiger partial charge in [0, 0.05) is 5.39 Å². The maximum absolute atomic E-state index is 14.4. The minimum atomic E-state index is -0.485. The van der Waals surface area contributed by atoms with E-state index >= 15 is 0 Å². The molecule has 0 fully saturated rings. The largest absolute Gasteiger partial charge is 0.396 e. The second kappa shape index (κ2) is 8.10. The Hall–Kier alpha value is -2.43. The molecule has 2 rings (SSSR count). The van der Waals surface area contributed by atoms with Gasteiger partial charge >= 0.3 is 0 Å². The third kappa shape index (κ3) is 4.35. The number of rotatable bonds is 7. The molecule has 0 unspecified atom stereocenters. The highest BCUT2D eigenvalue weighted by atomic mass is 19.1. The van der Waals surface area contributed by atoms with Gasteiger partial charge in [-0.05, 0) is 61.6 Å². The number of nitrogens with zero attached hydrogens (tertiary/aromatic N) is 1. The van der Waals surface area contributed by atoms with Crippen LogP contribution >= 0.6 is 0 Å². The summed E-state index contributed by atoms with van der Waals surface area (Å²) >= 11 is 0. The van der Waals surface area contributed by atoms with Gasteiger partial charge in [-0.3, -0.25) is 5.10 Å². The quantitative estimate of drug-likeness (QED) is 0.500. The number of allylic oxidation sites excluding steroid dienone is 4. The number of hydrogen-bond acceptors (Lipinski definition) is 2. The molecule has 0 spiro atoms. The minimum absolute atomic E-state index is 0.0230. The van der Waals surface area contributed by atoms with Crippen LogP contribution in [-0.2, 0) is 0 Å². The first-order valence-electron chi connectivity index (χ1n) is 8.51. The SMILES string of the molecule is C=C(CCCCC)/C(F)=C(N)\C=C(/C)c1[nH]nc2c(C)cc(F)cc12. The lowest BCUT2D eigenvalue weighted by atomic mass is 10.0. The van der Waals surface area contributed by atoms with Crippen molar-refractivity contribution in [2.75, 3.05) is 0 Å². The first-order chi connectivity index (χ1) is 11.8. The minimum Gasteiger partial charge on any atom is -0.396 e. The lowest BCUT2D eigenvalue weighted by Gasteiger charge is -2.06. The Morgan fingerprint density at radius 1 is 1.36 bits per heavy atom. The highest BCUT2D eigenvalue weighted by Gasteiger charge is 2.12. The molecule has 0 bridgehead atoms. The summed E-state index contributed by atoms with van der Waals surface area (Å²) in [5, 5.41) is 7.76. The predicted octanol–water partition coefficient (Wildman–Crippen LogP) is 5.69. The number of aromatic amines is 1. The van der Waals surface area contributed by atoms with Crippen LogP contribution in [0.3, 0.4) is 0 Å². The number of nitrogens with one attached hydrogen (secondary N) is 1. The second-order valence-electron chi connectivity index (χ2n) is 6.37. The molecule has 0 saturated heterocycles. The zero-order chi connectivity index (χ0) is 18.6. The van der Waals surface area contributed by atoms with Gasteiger partial charge in [-0.15, -0.1) is 0 Å². The molecule has 0 aliphatic rings. The molecule has 0 saturated carbocycles. The van der Waals surface area contributed by atoms with E-state index in [0.29, 0.717) is 34.2 Å². The van der Waals surface area contributed by atoms with Gasteiger partial charge in [0.25, 0.3) is 0 Å². The number of hydrogen-bond donors (Lipinski definition) is 2. The number of aromatic nitrogens is 2. The Morgan fingerprint density at radius 3 is 2.76 bits per heavy atom. The number of H-pyrrole nitrogens is 1. The Kier molecular flexibility index (Phi) is 6.12. The Morgan fingerprint density at radius 2 is 2.08 bits per heavy atom. The summed E-state index contributed by atoms with van der Waals surface area (Å²) < 4.78 is 28.1. The van der Waals surface area contributed by atoms with Crippen molar-refractivity contribution in [2.45, 2.75) is 46.5 Å². The van der Waals surface area contributed by atoms with Gasteiger partial charge in [0.05, 0.1) is 16.9 Å². The van der Waals surface area contributed by atoms with Crippen molar-refractivity contribution in [3.8, 4) is 0 Å². The topological polar surface area (TPSA) is 54.7 Å². The van der Waals surface area contributed by atoms with Gasteiger partial charge in [0.1, 0.15) is 11.6 Å². The number of halogens is 2. The molecule has 0 aliphatic heterocycles. The molecular weight excluding hydrogens is 320 g/mol. The van der Waals surface area contributed by atoms with Crippen molar-refractivity contribution in [3.63, 3.8) is 0 Å². The highest BCUT2D eigenvalue weighted by molar-refractivity contribution is 5.92. The van der Waals surface area contributed by atoms with Crippen molar-refractivity contribution in [1.29, 1.82) is 0 Å². The van der Waals surface area contributed by atoms with E-state index in [1.54, 1.807) is 13.8 Å². The van der Waals surface area contributed by atoms with Crippen LogP contribution in [-0.4, -0.2) is 10.2 Å². The lowest BCUT2D eigenvalue weighted by molar-refractivity contribution is 0.615. The van der Waals surface area contributed by atoms with Crippen LogP contribution in [0.4, 0.5) is 8.78 Å². The van der Waals surface area contributed by atoms with E-state index < -0.39 is 5.83 Å². The van der Waals surface area contributed by atoms with Crippen molar-refractivity contribution < 1.29 is 8.78 Å². The Bertz CT molecular complexity index is 844. The molecule has 5 heteroatoms. The van der Waals surface area contributed by atoms with Crippen LogP contribution in [0.25, 0.3) is 16.5 Å². The van der Waals surface area contributed by atoms with E-state index in [4.69, 9.17) is 5.73 Å². The Balaban J connectivity index is 2.31. The van der Waals surface area contributed by atoms with Gasteiger partial charge in [-0.25, -0.2) is 8.78 Å². The second-order valence-corrected chi connectivity index (χ2v) is 6.37. The summed E-state index contributed by atoms with van der Waals surface area (Å²) in [5.74, 6) is -0.818. The molecule has 0 aliphatic carbocycles. The molecule has 1 aromatic carbocycles. The first-order valence-corrected chi connectivity index (χ1v) is 8.51. The average Bonchev–Trinajstić information content (AvgIpc) is 2.98. The highest BCUT2D eigenvalue weighted by Crippen LogP contribution is 2.27. The van der Waals surface area contributed by atoms with Crippen molar-refractivity contribution in [1.82, 2.24) is 10.2 Å². The fourth-order valence-electron chi connectivity index (χ4n) is 2.82. The van der Waals surface area contributed by atoms with Crippen LogP contribution in [0.2, 0.25) is 0 Å². The van der Waals surface area contributed by atoms with E-state index in [2.05, 4.69) is 23.7 Å². The van der Waals surface area contributed by atoms with Crippen LogP contribution in [0, 0.1) is 12.7 Å². The first kappa shape index (κ1) is 18.9. The van der Waals surface area contributed by atoms with Gasteiger partial charge in [0.2, 0.25) is 0 Å². The summed E-state index contributed by atoms with van der Waals surface area (Å²) in [6, 6.07) is 2.85. The van der Waals surface area contributed by atoms with Crippen LogP contribution < -0.4 is 5.73 Å². The van der Waals surface area contributed by atoms with E-state index in [-0.39, 0.29) is 11.5 Å².